The van der Waals surface area contributed by atoms with Crippen molar-refractivity contribution < 1.29 is 0 Å². The highest BCUT2D eigenvalue weighted by molar-refractivity contribution is 6.31. The average Bonchev–Trinajstić information content (AvgIpc) is 2.94. The quantitative estimate of drug-likeness (QED) is 0.723. The molecule has 3 aromatic rings. The molecule has 0 fully saturated rings. The van der Waals surface area contributed by atoms with E-state index in [1.54, 1.807) is 4.68 Å². The van der Waals surface area contributed by atoms with Crippen LogP contribution in [-0.4, -0.2) is 15.0 Å². The maximum Gasteiger partial charge on any atom is 0.191 e. The maximum atomic E-state index is 9.27. The van der Waals surface area contributed by atoms with Gasteiger partial charge in [0.15, 0.2) is 5.69 Å². The van der Waals surface area contributed by atoms with Crippen LogP contribution in [0.5, 0.6) is 0 Å². The lowest BCUT2D eigenvalue weighted by Crippen LogP contribution is -2.02. The minimum Gasteiger partial charge on any atom is -0.211 e. The van der Waals surface area contributed by atoms with Gasteiger partial charge < -0.3 is 0 Å². The van der Waals surface area contributed by atoms with Gasteiger partial charge in [-0.3, -0.25) is 0 Å². The van der Waals surface area contributed by atoms with Crippen molar-refractivity contribution in [1.29, 1.82) is 5.26 Å². The lowest BCUT2D eigenvalue weighted by Gasteiger charge is -2.10. The van der Waals surface area contributed by atoms with Gasteiger partial charge in [-0.1, -0.05) is 53.2 Å². The summed E-state index contributed by atoms with van der Waals surface area (Å²) in [4.78, 5) is 0. The van der Waals surface area contributed by atoms with Crippen LogP contribution in [0.2, 0.25) is 5.02 Å². The third kappa shape index (κ3) is 2.28. The Bertz CT molecular complexity index is 831. The van der Waals surface area contributed by atoms with Crippen LogP contribution in [0.25, 0.3) is 16.9 Å². The summed E-state index contributed by atoms with van der Waals surface area (Å²) in [6, 6.07) is 17.3. The topological polar surface area (TPSA) is 54.5 Å². The van der Waals surface area contributed by atoms with Crippen molar-refractivity contribution >= 4 is 11.6 Å². The number of nitrogens with zero attached hydrogens (tertiary/aromatic N) is 4. The van der Waals surface area contributed by atoms with E-state index < -0.39 is 0 Å². The van der Waals surface area contributed by atoms with Crippen LogP contribution < -0.4 is 0 Å². The van der Waals surface area contributed by atoms with Crippen molar-refractivity contribution in [3.63, 3.8) is 0 Å². The van der Waals surface area contributed by atoms with Gasteiger partial charge in [-0.15, -0.1) is 5.10 Å². The van der Waals surface area contributed by atoms with E-state index in [0.717, 1.165) is 16.8 Å². The Labute approximate surface area is 127 Å². The van der Waals surface area contributed by atoms with Crippen LogP contribution in [0.1, 0.15) is 11.3 Å². The Kier molecular flexibility index (Phi) is 3.43. The van der Waals surface area contributed by atoms with Gasteiger partial charge in [-0.05, 0) is 24.6 Å². The molecule has 0 aliphatic heterocycles. The Morgan fingerprint density at radius 2 is 1.86 bits per heavy atom. The number of benzene rings is 2. The zero-order valence-electron chi connectivity index (χ0n) is 11.3. The van der Waals surface area contributed by atoms with E-state index in [4.69, 9.17) is 11.6 Å². The smallest absolute Gasteiger partial charge is 0.191 e. The minimum atomic E-state index is 0.292. The summed E-state index contributed by atoms with van der Waals surface area (Å²) < 4.78 is 1.66. The molecule has 0 saturated heterocycles. The number of aromatic nitrogens is 3. The molecule has 0 N–H and O–H groups in total. The molecule has 0 saturated carbocycles. The highest BCUT2D eigenvalue weighted by Gasteiger charge is 2.17. The molecule has 102 valence electrons. The van der Waals surface area contributed by atoms with E-state index in [1.807, 2.05) is 55.5 Å². The van der Waals surface area contributed by atoms with E-state index in [1.165, 1.54) is 0 Å². The molecule has 0 spiro atoms. The molecule has 4 nitrogen and oxygen atoms in total. The molecule has 0 atom stereocenters. The highest BCUT2D eigenvalue weighted by atomic mass is 35.5. The van der Waals surface area contributed by atoms with Crippen molar-refractivity contribution in [3.05, 3.63) is 64.8 Å². The van der Waals surface area contributed by atoms with Gasteiger partial charge in [-0.25, -0.2) is 4.68 Å². The summed E-state index contributed by atoms with van der Waals surface area (Å²) in [7, 11) is 0. The predicted molar refractivity (Wildman–Crippen MR) is 81.3 cm³/mol. The molecule has 3 rings (SSSR count). The Morgan fingerprint density at radius 1 is 1.10 bits per heavy atom. The summed E-state index contributed by atoms with van der Waals surface area (Å²) in [5.41, 5.74) is 3.56. The van der Waals surface area contributed by atoms with Crippen LogP contribution >= 0.6 is 11.6 Å². The fourth-order valence-electron chi connectivity index (χ4n) is 2.21. The van der Waals surface area contributed by atoms with Crippen molar-refractivity contribution in [2.45, 2.75) is 6.92 Å². The molecule has 1 heterocycles. The molecule has 0 aliphatic rings. The first-order valence-electron chi connectivity index (χ1n) is 6.39. The maximum absolute atomic E-state index is 9.27. The largest absolute Gasteiger partial charge is 0.211 e. The van der Waals surface area contributed by atoms with Crippen LogP contribution in [0.15, 0.2) is 48.5 Å². The first-order valence-corrected chi connectivity index (χ1v) is 6.77. The zero-order valence-corrected chi connectivity index (χ0v) is 12.0. The average molecular weight is 295 g/mol. The van der Waals surface area contributed by atoms with Crippen LogP contribution in [-0.2, 0) is 0 Å². The standard InChI is InChI=1S/C16H11ClN4/c1-11-13(17)8-5-9-15(11)21-16(14(10-18)19-20-21)12-6-3-2-4-7-12/h2-9H,1H3. The molecule has 0 unspecified atom stereocenters. The molecule has 5 heteroatoms. The van der Waals surface area contributed by atoms with Gasteiger partial charge in [0.05, 0.1) is 5.69 Å². The van der Waals surface area contributed by atoms with Crippen LogP contribution in [0.3, 0.4) is 0 Å². The molecular weight excluding hydrogens is 284 g/mol. The number of halogens is 1. The van der Waals surface area contributed by atoms with E-state index in [0.29, 0.717) is 16.4 Å². The fourth-order valence-corrected chi connectivity index (χ4v) is 2.38. The Hall–Kier alpha value is -2.64. The zero-order chi connectivity index (χ0) is 14.8. The summed E-state index contributed by atoms with van der Waals surface area (Å²) in [6.45, 7) is 1.92. The lowest BCUT2D eigenvalue weighted by molar-refractivity contribution is 0.802. The molecule has 21 heavy (non-hydrogen) atoms. The minimum absolute atomic E-state index is 0.292. The van der Waals surface area contributed by atoms with E-state index in [9.17, 15) is 5.26 Å². The Balaban J connectivity index is 2.29. The van der Waals surface area contributed by atoms with E-state index >= 15 is 0 Å². The first kappa shape index (κ1) is 13.3. The van der Waals surface area contributed by atoms with E-state index in [-0.39, 0.29) is 0 Å². The van der Waals surface area contributed by atoms with Crippen molar-refractivity contribution in [2.75, 3.05) is 0 Å². The van der Waals surface area contributed by atoms with Crippen LogP contribution in [0.4, 0.5) is 0 Å². The van der Waals surface area contributed by atoms with Gasteiger partial charge >= 0.3 is 0 Å². The molecular formula is C16H11ClN4. The summed E-state index contributed by atoms with van der Waals surface area (Å²) in [5, 5.41) is 18.0. The van der Waals surface area contributed by atoms with Crippen LogP contribution in [0, 0.1) is 18.3 Å². The first-order chi connectivity index (χ1) is 10.2. The second-order valence-electron chi connectivity index (χ2n) is 4.56. The molecule has 0 bridgehead atoms. The van der Waals surface area contributed by atoms with Gasteiger partial charge in [0.1, 0.15) is 11.8 Å². The molecule has 2 aromatic carbocycles. The normalized spacial score (nSPS) is 10.3. The Morgan fingerprint density at radius 3 is 2.57 bits per heavy atom. The summed E-state index contributed by atoms with van der Waals surface area (Å²) in [5.74, 6) is 0. The summed E-state index contributed by atoms with van der Waals surface area (Å²) in [6.07, 6.45) is 0. The third-order valence-electron chi connectivity index (χ3n) is 3.29. The predicted octanol–water partition coefficient (Wildman–Crippen LogP) is 3.77. The van der Waals surface area contributed by atoms with Crippen molar-refractivity contribution in [2.24, 2.45) is 0 Å². The van der Waals surface area contributed by atoms with E-state index in [2.05, 4.69) is 16.4 Å². The SMILES string of the molecule is Cc1c(Cl)cccc1-n1nnc(C#N)c1-c1ccccc1. The number of rotatable bonds is 2. The lowest BCUT2D eigenvalue weighted by atomic mass is 10.1. The second kappa shape index (κ2) is 5.39. The molecule has 0 aliphatic carbocycles. The summed E-state index contributed by atoms with van der Waals surface area (Å²) >= 11 is 6.18. The van der Waals surface area contributed by atoms with Gasteiger partial charge in [0, 0.05) is 10.6 Å². The molecule has 0 amide bonds. The van der Waals surface area contributed by atoms with Gasteiger partial charge in [-0.2, -0.15) is 5.26 Å². The van der Waals surface area contributed by atoms with Gasteiger partial charge in [0.25, 0.3) is 0 Å². The van der Waals surface area contributed by atoms with Gasteiger partial charge in [0.2, 0.25) is 0 Å². The molecule has 1 aromatic heterocycles. The number of hydrogen-bond donors (Lipinski definition) is 0. The fraction of sp³-hybridized carbons (Fsp3) is 0.0625. The van der Waals surface area contributed by atoms with Crippen molar-refractivity contribution in [1.82, 2.24) is 15.0 Å². The monoisotopic (exact) mass is 294 g/mol. The number of hydrogen-bond acceptors (Lipinski definition) is 3. The third-order valence-corrected chi connectivity index (χ3v) is 3.70. The molecule has 0 radical (unpaired) electrons. The number of nitriles is 1. The second-order valence-corrected chi connectivity index (χ2v) is 4.97. The van der Waals surface area contributed by atoms with Crippen molar-refractivity contribution in [3.8, 4) is 23.0 Å². The highest BCUT2D eigenvalue weighted by Crippen LogP contribution is 2.28.